The largest absolute Gasteiger partial charge is 0.416 e. The van der Waals surface area contributed by atoms with Gasteiger partial charge < -0.3 is 16.0 Å². The fourth-order valence-electron chi connectivity index (χ4n) is 2.82. The van der Waals surface area contributed by atoms with E-state index in [0.29, 0.717) is 16.9 Å². The summed E-state index contributed by atoms with van der Waals surface area (Å²) in [6.45, 7) is 1.77. The lowest BCUT2D eigenvalue weighted by Gasteiger charge is -2.11. The van der Waals surface area contributed by atoms with Crippen LogP contribution in [0, 0.1) is 6.92 Å². The average molecular weight is 427 g/mol. The van der Waals surface area contributed by atoms with E-state index in [0.717, 1.165) is 17.7 Å². The quantitative estimate of drug-likeness (QED) is 0.499. The van der Waals surface area contributed by atoms with Crippen molar-refractivity contribution in [2.24, 2.45) is 0 Å². The molecule has 0 radical (unpaired) electrons. The second-order valence-electron chi connectivity index (χ2n) is 6.88. The van der Waals surface area contributed by atoms with E-state index in [1.54, 1.807) is 36.4 Å². The van der Waals surface area contributed by atoms with Crippen LogP contribution in [0.25, 0.3) is 0 Å². The van der Waals surface area contributed by atoms with Crippen LogP contribution >= 0.6 is 0 Å². The van der Waals surface area contributed by atoms with E-state index in [1.165, 1.54) is 12.1 Å². The highest BCUT2D eigenvalue weighted by Crippen LogP contribution is 2.30. The molecule has 0 spiro atoms. The SMILES string of the molecule is Cc1cccc(C(=O)Nc2ccc(NCC(=O)Nc3cccc(C(F)(F)F)c3)cc2)c1. The van der Waals surface area contributed by atoms with Crippen LogP contribution in [0.3, 0.4) is 0 Å². The Labute approximate surface area is 177 Å². The van der Waals surface area contributed by atoms with E-state index >= 15 is 0 Å². The minimum atomic E-state index is -4.48. The Balaban J connectivity index is 1.52. The number of carbonyl (C=O) groups is 2. The highest BCUT2D eigenvalue weighted by Gasteiger charge is 2.30. The van der Waals surface area contributed by atoms with Crippen molar-refractivity contribution >= 4 is 28.9 Å². The maximum atomic E-state index is 12.7. The van der Waals surface area contributed by atoms with Gasteiger partial charge in [-0.3, -0.25) is 9.59 Å². The van der Waals surface area contributed by atoms with Gasteiger partial charge in [0, 0.05) is 22.6 Å². The second-order valence-corrected chi connectivity index (χ2v) is 6.88. The molecule has 0 unspecified atom stereocenters. The maximum Gasteiger partial charge on any atom is 0.416 e. The van der Waals surface area contributed by atoms with E-state index < -0.39 is 17.6 Å². The van der Waals surface area contributed by atoms with Gasteiger partial charge in [-0.1, -0.05) is 23.8 Å². The third kappa shape index (κ3) is 6.33. The van der Waals surface area contributed by atoms with Gasteiger partial charge in [0.05, 0.1) is 12.1 Å². The van der Waals surface area contributed by atoms with Gasteiger partial charge in [0.2, 0.25) is 5.91 Å². The first kappa shape index (κ1) is 21.9. The summed E-state index contributed by atoms with van der Waals surface area (Å²) in [6.07, 6.45) is -4.48. The maximum absolute atomic E-state index is 12.7. The summed E-state index contributed by atoms with van der Waals surface area (Å²) in [5.41, 5.74) is 1.97. The smallest absolute Gasteiger partial charge is 0.376 e. The molecule has 3 aromatic carbocycles. The number of nitrogens with one attached hydrogen (secondary N) is 3. The number of halogens is 3. The molecule has 0 aliphatic rings. The number of hydrogen-bond acceptors (Lipinski definition) is 3. The summed E-state index contributed by atoms with van der Waals surface area (Å²) in [5.74, 6) is -0.721. The molecule has 0 heterocycles. The lowest BCUT2D eigenvalue weighted by molar-refractivity contribution is -0.137. The summed E-state index contributed by atoms with van der Waals surface area (Å²) < 4.78 is 38.2. The number of rotatable bonds is 6. The minimum Gasteiger partial charge on any atom is -0.376 e. The van der Waals surface area contributed by atoms with Crippen LogP contribution in [0.4, 0.5) is 30.2 Å². The van der Waals surface area contributed by atoms with Crippen molar-refractivity contribution in [1.82, 2.24) is 0 Å². The van der Waals surface area contributed by atoms with Crippen molar-refractivity contribution in [3.8, 4) is 0 Å². The Kier molecular flexibility index (Phi) is 6.59. The molecule has 0 aromatic heterocycles. The summed E-state index contributed by atoms with van der Waals surface area (Å²) in [6, 6.07) is 18.4. The number of aryl methyl sites for hydroxylation is 1. The van der Waals surface area contributed by atoms with Crippen molar-refractivity contribution in [3.63, 3.8) is 0 Å². The molecule has 3 N–H and O–H groups in total. The summed E-state index contributed by atoms with van der Waals surface area (Å²) in [7, 11) is 0. The molecule has 160 valence electrons. The van der Waals surface area contributed by atoms with Crippen molar-refractivity contribution in [3.05, 3.63) is 89.5 Å². The van der Waals surface area contributed by atoms with Crippen LogP contribution in [-0.4, -0.2) is 18.4 Å². The molecule has 0 aliphatic heterocycles. The molecule has 3 aromatic rings. The lowest BCUT2D eigenvalue weighted by Crippen LogP contribution is -2.22. The van der Waals surface area contributed by atoms with E-state index in [1.807, 2.05) is 19.1 Å². The monoisotopic (exact) mass is 427 g/mol. The zero-order valence-corrected chi connectivity index (χ0v) is 16.6. The van der Waals surface area contributed by atoms with Crippen LogP contribution in [0.1, 0.15) is 21.5 Å². The van der Waals surface area contributed by atoms with Crippen molar-refractivity contribution in [1.29, 1.82) is 0 Å². The summed E-state index contributed by atoms with van der Waals surface area (Å²) in [4.78, 5) is 24.3. The van der Waals surface area contributed by atoms with Gasteiger partial charge in [0.25, 0.3) is 5.91 Å². The predicted octanol–water partition coefficient (Wildman–Crippen LogP) is 5.32. The predicted molar refractivity (Wildman–Crippen MR) is 114 cm³/mol. The molecule has 31 heavy (non-hydrogen) atoms. The molecule has 0 fully saturated rings. The fraction of sp³-hybridized carbons (Fsp3) is 0.130. The van der Waals surface area contributed by atoms with Crippen molar-refractivity contribution < 1.29 is 22.8 Å². The number of amides is 2. The second kappa shape index (κ2) is 9.34. The molecule has 0 atom stereocenters. The lowest BCUT2D eigenvalue weighted by atomic mass is 10.1. The first-order chi connectivity index (χ1) is 14.7. The van der Waals surface area contributed by atoms with Gasteiger partial charge >= 0.3 is 6.18 Å². The molecule has 0 saturated carbocycles. The van der Waals surface area contributed by atoms with E-state index in [2.05, 4.69) is 16.0 Å². The Morgan fingerprint density at radius 3 is 2.16 bits per heavy atom. The van der Waals surface area contributed by atoms with Crippen LogP contribution in [0.5, 0.6) is 0 Å². The Morgan fingerprint density at radius 2 is 1.48 bits per heavy atom. The Morgan fingerprint density at radius 1 is 0.806 bits per heavy atom. The molecule has 3 rings (SSSR count). The van der Waals surface area contributed by atoms with Gasteiger partial charge in [-0.15, -0.1) is 0 Å². The molecule has 0 saturated heterocycles. The molecule has 2 amide bonds. The van der Waals surface area contributed by atoms with Crippen molar-refractivity contribution in [2.75, 3.05) is 22.5 Å². The molecule has 0 aliphatic carbocycles. The average Bonchev–Trinajstić information content (AvgIpc) is 2.73. The summed E-state index contributed by atoms with van der Waals surface area (Å²) >= 11 is 0. The molecule has 5 nitrogen and oxygen atoms in total. The first-order valence-corrected chi connectivity index (χ1v) is 9.40. The zero-order chi connectivity index (χ0) is 22.4. The van der Waals surface area contributed by atoms with Gasteiger partial charge in [-0.05, 0) is 61.5 Å². The van der Waals surface area contributed by atoms with Crippen LogP contribution in [0.15, 0.2) is 72.8 Å². The molecular formula is C23H20F3N3O2. The first-order valence-electron chi connectivity index (χ1n) is 9.40. The molecular weight excluding hydrogens is 407 g/mol. The minimum absolute atomic E-state index is 0.0656. The van der Waals surface area contributed by atoms with Crippen LogP contribution in [0.2, 0.25) is 0 Å². The van der Waals surface area contributed by atoms with E-state index in [9.17, 15) is 22.8 Å². The van der Waals surface area contributed by atoms with E-state index in [-0.39, 0.29) is 18.1 Å². The normalized spacial score (nSPS) is 11.0. The topological polar surface area (TPSA) is 70.2 Å². The third-order valence-corrected chi connectivity index (χ3v) is 4.35. The number of carbonyl (C=O) groups excluding carboxylic acids is 2. The number of hydrogen-bond donors (Lipinski definition) is 3. The van der Waals surface area contributed by atoms with Gasteiger partial charge in [0.1, 0.15) is 0 Å². The van der Waals surface area contributed by atoms with Crippen LogP contribution in [-0.2, 0) is 11.0 Å². The molecule has 0 bridgehead atoms. The summed E-state index contributed by atoms with van der Waals surface area (Å²) in [5, 5.41) is 8.10. The highest BCUT2D eigenvalue weighted by atomic mass is 19.4. The zero-order valence-electron chi connectivity index (χ0n) is 16.6. The number of alkyl halides is 3. The van der Waals surface area contributed by atoms with Crippen LogP contribution < -0.4 is 16.0 Å². The molecule has 8 heteroatoms. The Hall–Kier alpha value is -3.81. The highest BCUT2D eigenvalue weighted by molar-refractivity contribution is 6.04. The standard InChI is InChI=1S/C23H20F3N3O2/c1-15-4-2-5-16(12-15)22(31)29-19-10-8-18(9-11-19)27-14-21(30)28-20-7-3-6-17(13-20)23(24,25)26/h2-13,27H,14H2,1H3,(H,28,30)(H,29,31). The van der Waals surface area contributed by atoms with E-state index in [4.69, 9.17) is 0 Å². The van der Waals surface area contributed by atoms with Gasteiger partial charge in [-0.2, -0.15) is 13.2 Å². The Bertz CT molecular complexity index is 1080. The van der Waals surface area contributed by atoms with Crippen molar-refractivity contribution in [2.45, 2.75) is 13.1 Å². The number of benzene rings is 3. The van der Waals surface area contributed by atoms with Gasteiger partial charge in [0.15, 0.2) is 0 Å². The third-order valence-electron chi connectivity index (χ3n) is 4.35. The fourth-order valence-corrected chi connectivity index (χ4v) is 2.82. The number of anilines is 3. The van der Waals surface area contributed by atoms with Gasteiger partial charge in [-0.25, -0.2) is 0 Å².